The molecule has 1 aromatic heterocycles. The van der Waals surface area contributed by atoms with Crippen LogP contribution in [-0.2, 0) is 0 Å². The summed E-state index contributed by atoms with van der Waals surface area (Å²) in [6.07, 6.45) is 6.09. The number of thioether (sulfide) groups is 1. The predicted molar refractivity (Wildman–Crippen MR) is 75.5 cm³/mol. The van der Waals surface area contributed by atoms with Crippen LogP contribution in [-0.4, -0.2) is 9.85 Å². The zero-order chi connectivity index (χ0) is 11.7. The number of benzene rings is 1. The van der Waals surface area contributed by atoms with Gasteiger partial charge in [-0.15, -0.1) is 11.3 Å². The van der Waals surface area contributed by atoms with Crippen LogP contribution < -0.4 is 5.73 Å². The van der Waals surface area contributed by atoms with Gasteiger partial charge < -0.3 is 5.73 Å². The molecule has 0 aliphatic heterocycles. The summed E-state index contributed by atoms with van der Waals surface area (Å²) >= 11 is 3.54. The third-order valence-electron chi connectivity index (χ3n) is 3.26. The fourth-order valence-electron chi connectivity index (χ4n) is 2.32. The second-order valence-electron chi connectivity index (χ2n) is 4.67. The van der Waals surface area contributed by atoms with Crippen LogP contribution in [0.15, 0.2) is 28.6 Å². The summed E-state index contributed by atoms with van der Waals surface area (Å²) in [4.78, 5) is 4.58. The molecule has 0 radical (unpaired) electrons. The molecule has 1 aliphatic rings. The summed E-state index contributed by atoms with van der Waals surface area (Å²) in [7, 11) is 0. The van der Waals surface area contributed by atoms with Gasteiger partial charge in [-0.1, -0.05) is 43.2 Å². The normalized spacial score (nSPS) is 19.6. The molecule has 2 N–H and O–H groups in total. The van der Waals surface area contributed by atoms with Gasteiger partial charge in [-0.2, -0.15) is 0 Å². The number of nitrogens with zero attached hydrogens (tertiary/aromatic N) is 1. The molecule has 1 aromatic carbocycles. The topological polar surface area (TPSA) is 38.9 Å². The van der Waals surface area contributed by atoms with Gasteiger partial charge in [0.15, 0.2) is 4.34 Å². The number of aromatic nitrogens is 1. The van der Waals surface area contributed by atoms with Gasteiger partial charge >= 0.3 is 0 Å². The summed E-state index contributed by atoms with van der Waals surface area (Å²) in [6.45, 7) is 0. The van der Waals surface area contributed by atoms with E-state index in [0.717, 1.165) is 22.7 Å². The Bertz CT molecular complexity index is 482. The third-order valence-corrected chi connectivity index (χ3v) is 5.68. The second-order valence-corrected chi connectivity index (χ2v) is 7.37. The van der Waals surface area contributed by atoms with Crippen molar-refractivity contribution in [2.75, 3.05) is 0 Å². The summed E-state index contributed by atoms with van der Waals surface area (Å²) < 4.78 is 2.38. The van der Waals surface area contributed by atoms with Crippen molar-refractivity contribution in [3.63, 3.8) is 0 Å². The molecule has 0 amide bonds. The Hall–Kier alpha value is -0.580. The van der Waals surface area contributed by atoms with Crippen LogP contribution in [0.3, 0.4) is 0 Å². The monoisotopic (exact) mass is 264 g/mol. The fraction of sp³-hybridized carbons (Fsp3) is 0.462. The molecule has 0 atom stereocenters. The Labute approximate surface area is 110 Å². The third kappa shape index (κ3) is 2.49. The van der Waals surface area contributed by atoms with Crippen LogP contribution in [0.4, 0.5) is 0 Å². The average molecular weight is 264 g/mol. The first-order chi connectivity index (χ1) is 8.25. The molecule has 4 heteroatoms. The standard InChI is InChI=1S/C13H16N2S2/c14-13(8-4-1-5-9-13)17-12-15-10-6-2-3-7-11(10)16-12/h2-3,6-7H,1,4-5,8-9,14H2. The SMILES string of the molecule is NC1(Sc2nc3ccccc3s2)CCCCC1. The van der Waals surface area contributed by atoms with E-state index >= 15 is 0 Å². The van der Waals surface area contributed by atoms with Crippen molar-refractivity contribution in [1.82, 2.24) is 4.98 Å². The first kappa shape index (κ1) is 11.5. The van der Waals surface area contributed by atoms with Crippen molar-refractivity contribution in [3.8, 4) is 0 Å². The Balaban J connectivity index is 1.84. The van der Waals surface area contributed by atoms with Crippen LogP contribution in [0.5, 0.6) is 0 Å². The van der Waals surface area contributed by atoms with Gasteiger partial charge in [0.2, 0.25) is 0 Å². The fourth-order valence-corrected chi connectivity index (χ4v) is 4.94. The van der Waals surface area contributed by atoms with E-state index in [0.29, 0.717) is 0 Å². The largest absolute Gasteiger partial charge is 0.316 e. The zero-order valence-electron chi connectivity index (χ0n) is 9.69. The highest BCUT2D eigenvalue weighted by atomic mass is 32.2. The van der Waals surface area contributed by atoms with Crippen LogP contribution >= 0.6 is 23.1 Å². The van der Waals surface area contributed by atoms with Gasteiger partial charge in [0.05, 0.1) is 15.1 Å². The lowest BCUT2D eigenvalue weighted by Crippen LogP contribution is -2.37. The molecule has 17 heavy (non-hydrogen) atoms. The van der Waals surface area contributed by atoms with Gasteiger partial charge in [0.1, 0.15) is 0 Å². The van der Waals surface area contributed by atoms with Crippen LogP contribution in [0, 0.1) is 0 Å². The maximum Gasteiger partial charge on any atom is 0.152 e. The number of hydrogen-bond donors (Lipinski definition) is 1. The maximum atomic E-state index is 6.44. The molecule has 2 aromatic rings. The summed E-state index contributed by atoms with van der Waals surface area (Å²) in [5.41, 5.74) is 7.54. The van der Waals surface area contributed by atoms with Crippen LogP contribution in [0.1, 0.15) is 32.1 Å². The van der Waals surface area contributed by atoms with Gasteiger partial charge in [0.25, 0.3) is 0 Å². The van der Waals surface area contributed by atoms with E-state index in [1.165, 1.54) is 24.0 Å². The van der Waals surface area contributed by atoms with Crippen molar-refractivity contribution in [3.05, 3.63) is 24.3 Å². The van der Waals surface area contributed by atoms with Crippen molar-refractivity contribution < 1.29 is 0 Å². The number of hydrogen-bond acceptors (Lipinski definition) is 4. The molecular weight excluding hydrogens is 248 g/mol. The first-order valence-corrected chi connectivity index (χ1v) is 7.72. The number of nitrogens with two attached hydrogens (primary N) is 1. The Kier molecular flexibility index (Phi) is 3.11. The molecule has 0 saturated heterocycles. The Morgan fingerprint density at radius 3 is 2.71 bits per heavy atom. The van der Waals surface area contributed by atoms with Gasteiger partial charge in [0, 0.05) is 0 Å². The number of rotatable bonds is 2. The van der Waals surface area contributed by atoms with Crippen LogP contribution in [0.2, 0.25) is 0 Å². The molecule has 0 unspecified atom stereocenters. The average Bonchev–Trinajstić information content (AvgIpc) is 2.71. The quantitative estimate of drug-likeness (QED) is 0.833. The van der Waals surface area contributed by atoms with E-state index < -0.39 is 0 Å². The number of para-hydroxylation sites is 1. The van der Waals surface area contributed by atoms with E-state index in [4.69, 9.17) is 5.73 Å². The summed E-state index contributed by atoms with van der Waals surface area (Å²) in [5, 5.41) is 0. The van der Waals surface area contributed by atoms with Crippen molar-refractivity contribution in [2.24, 2.45) is 5.73 Å². The number of fused-ring (bicyclic) bond motifs is 1. The molecule has 1 saturated carbocycles. The van der Waals surface area contributed by atoms with E-state index in [1.807, 2.05) is 6.07 Å². The lowest BCUT2D eigenvalue weighted by Gasteiger charge is -2.31. The molecular formula is C13H16N2S2. The van der Waals surface area contributed by atoms with E-state index in [2.05, 4.69) is 23.2 Å². The maximum absolute atomic E-state index is 6.44. The molecule has 3 rings (SSSR count). The minimum absolute atomic E-state index is 0.0773. The Morgan fingerprint density at radius 1 is 1.18 bits per heavy atom. The molecule has 2 nitrogen and oxygen atoms in total. The highest BCUT2D eigenvalue weighted by Gasteiger charge is 2.29. The smallest absolute Gasteiger partial charge is 0.152 e. The van der Waals surface area contributed by atoms with Crippen molar-refractivity contribution in [2.45, 2.75) is 41.3 Å². The van der Waals surface area contributed by atoms with Gasteiger partial charge in [-0.25, -0.2) is 4.98 Å². The summed E-state index contributed by atoms with van der Waals surface area (Å²) in [6, 6.07) is 8.30. The van der Waals surface area contributed by atoms with Gasteiger partial charge in [-0.3, -0.25) is 0 Å². The predicted octanol–water partition coefficient (Wildman–Crippen LogP) is 4.01. The first-order valence-electron chi connectivity index (χ1n) is 6.09. The highest BCUT2D eigenvalue weighted by molar-refractivity contribution is 8.02. The summed E-state index contributed by atoms with van der Waals surface area (Å²) in [5.74, 6) is 0. The van der Waals surface area contributed by atoms with Crippen molar-refractivity contribution in [1.29, 1.82) is 0 Å². The molecule has 0 bridgehead atoms. The molecule has 0 spiro atoms. The minimum atomic E-state index is -0.0773. The van der Waals surface area contributed by atoms with E-state index in [-0.39, 0.29) is 4.87 Å². The molecule has 1 fully saturated rings. The molecule has 90 valence electrons. The second kappa shape index (κ2) is 4.59. The number of thiazole rings is 1. The van der Waals surface area contributed by atoms with Gasteiger partial charge in [-0.05, 0) is 25.0 Å². The van der Waals surface area contributed by atoms with E-state index in [1.54, 1.807) is 23.1 Å². The van der Waals surface area contributed by atoms with Crippen LogP contribution in [0.25, 0.3) is 10.2 Å². The lowest BCUT2D eigenvalue weighted by molar-refractivity contribution is 0.407. The molecule has 1 heterocycles. The van der Waals surface area contributed by atoms with Crippen molar-refractivity contribution >= 4 is 33.3 Å². The molecule has 1 aliphatic carbocycles. The zero-order valence-corrected chi connectivity index (χ0v) is 11.3. The minimum Gasteiger partial charge on any atom is -0.316 e. The lowest BCUT2D eigenvalue weighted by atomic mass is 9.96. The Morgan fingerprint density at radius 2 is 1.94 bits per heavy atom. The highest BCUT2D eigenvalue weighted by Crippen LogP contribution is 2.42. The van der Waals surface area contributed by atoms with E-state index in [9.17, 15) is 0 Å².